The molecule has 2 aromatic rings. The van der Waals surface area contributed by atoms with Gasteiger partial charge in [0.05, 0.1) is 0 Å². The highest BCUT2D eigenvalue weighted by Crippen LogP contribution is 2.27. The summed E-state index contributed by atoms with van der Waals surface area (Å²) in [6, 6.07) is 8.67. The van der Waals surface area contributed by atoms with E-state index in [4.69, 9.17) is 10.8 Å². The molecule has 1 unspecified atom stereocenters. The Hall–Kier alpha value is -1.72. The second-order valence-corrected chi connectivity index (χ2v) is 5.50. The van der Waals surface area contributed by atoms with Crippen molar-refractivity contribution >= 4 is 11.0 Å². The molecule has 2 nitrogen and oxygen atoms in total. The number of rotatable bonds is 8. The van der Waals surface area contributed by atoms with Gasteiger partial charge >= 0.3 is 0 Å². The summed E-state index contributed by atoms with van der Waals surface area (Å²) in [5, 5.41) is 4.81. The minimum absolute atomic E-state index is 0.377. The highest BCUT2D eigenvalue weighted by atomic mass is 16.3. The zero-order valence-corrected chi connectivity index (χ0v) is 13.1. The quantitative estimate of drug-likeness (QED) is 0.712. The van der Waals surface area contributed by atoms with Crippen LogP contribution in [0.15, 0.2) is 28.7 Å². The van der Waals surface area contributed by atoms with Crippen LogP contribution in [0.5, 0.6) is 0 Å². The van der Waals surface area contributed by atoms with Crippen LogP contribution < -0.4 is 5.32 Å². The van der Waals surface area contributed by atoms with E-state index in [0.717, 1.165) is 43.6 Å². The van der Waals surface area contributed by atoms with Crippen molar-refractivity contribution in [2.45, 2.75) is 58.5 Å². The van der Waals surface area contributed by atoms with Crippen molar-refractivity contribution in [3.8, 4) is 12.3 Å². The molecule has 1 N–H and O–H groups in total. The zero-order chi connectivity index (χ0) is 15.1. The SMILES string of the molecule is C#CCC(CC)NCc1c(CCCC)oc2ccccc12. The highest BCUT2D eigenvalue weighted by molar-refractivity contribution is 5.82. The summed E-state index contributed by atoms with van der Waals surface area (Å²) in [5.74, 6) is 3.87. The monoisotopic (exact) mass is 283 g/mol. The molecule has 0 aliphatic carbocycles. The first kappa shape index (κ1) is 15.7. The first-order valence-corrected chi connectivity index (χ1v) is 7.96. The van der Waals surface area contributed by atoms with Crippen molar-refractivity contribution in [1.82, 2.24) is 5.32 Å². The number of nitrogens with one attached hydrogen (secondary N) is 1. The molecule has 0 saturated heterocycles. The molecule has 1 aromatic carbocycles. The third-order valence-electron chi connectivity index (χ3n) is 3.96. The number of aryl methyl sites for hydroxylation is 1. The molecule has 1 aromatic heterocycles. The number of furan rings is 1. The molecular weight excluding hydrogens is 258 g/mol. The standard InChI is InChI=1S/C19H25NO/c1-4-7-12-19-17(14-20-15(6-3)10-5-2)16-11-8-9-13-18(16)21-19/h2,8-9,11,13,15,20H,4,6-7,10,12,14H2,1,3H3. The Morgan fingerprint density at radius 2 is 2.10 bits per heavy atom. The van der Waals surface area contributed by atoms with Gasteiger partial charge in [-0.25, -0.2) is 0 Å². The van der Waals surface area contributed by atoms with Crippen LogP contribution in [0.3, 0.4) is 0 Å². The molecule has 0 aliphatic rings. The second kappa shape index (κ2) is 7.90. The maximum Gasteiger partial charge on any atom is 0.134 e. The molecule has 2 heteroatoms. The molecule has 0 spiro atoms. The number of hydrogen-bond donors (Lipinski definition) is 1. The van der Waals surface area contributed by atoms with Crippen molar-refractivity contribution in [3.63, 3.8) is 0 Å². The van der Waals surface area contributed by atoms with E-state index < -0.39 is 0 Å². The van der Waals surface area contributed by atoms with Gasteiger partial charge in [0.15, 0.2) is 0 Å². The van der Waals surface area contributed by atoms with Crippen LogP contribution >= 0.6 is 0 Å². The van der Waals surface area contributed by atoms with Gasteiger partial charge in [0, 0.05) is 36.4 Å². The summed E-state index contributed by atoms with van der Waals surface area (Å²) in [6.07, 6.45) is 10.6. The van der Waals surface area contributed by atoms with Crippen molar-refractivity contribution in [3.05, 3.63) is 35.6 Å². The molecule has 2 rings (SSSR count). The van der Waals surface area contributed by atoms with Gasteiger partial charge < -0.3 is 9.73 Å². The third kappa shape index (κ3) is 3.89. The Kier molecular flexibility index (Phi) is 5.90. The summed E-state index contributed by atoms with van der Waals surface area (Å²) in [6.45, 7) is 5.21. The van der Waals surface area contributed by atoms with Crippen LogP contribution in [-0.4, -0.2) is 6.04 Å². The van der Waals surface area contributed by atoms with E-state index in [-0.39, 0.29) is 0 Å². The molecule has 0 saturated carbocycles. The number of fused-ring (bicyclic) bond motifs is 1. The zero-order valence-electron chi connectivity index (χ0n) is 13.1. The van der Waals surface area contributed by atoms with Crippen LogP contribution in [0.25, 0.3) is 11.0 Å². The Bertz CT molecular complexity index is 606. The Balaban J connectivity index is 2.21. The smallest absolute Gasteiger partial charge is 0.134 e. The maximum atomic E-state index is 6.05. The van der Waals surface area contributed by atoms with E-state index in [1.807, 2.05) is 12.1 Å². The number of para-hydroxylation sites is 1. The summed E-state index contributed by atoms with van der Waals surface area (Å²) >= 11 is 0. The van der Waals surface area contributed by atoms with Gasteiger partial charge in [0.1, 0.15) is 11.3 Å². The predicted octanol–water partition coefficient (Wildman–Crippen LogP) is 4.67. The lowest BCUT2D eigenvalue weighted by molar-refractivity contribution is 0.490. The van der Waals surface area contributed by atoms with E-state index in [0.29, 0.717) is 6.04 Å². The van der Waals surface area contributed by atoms with E-state index in [1.54, 1.807) is 0 Å². The first-order chi connectivity index (χ1) is 10.3. The number of terminal acetylenes is 1. The fourth-order valence-electron chi connectivity index (χ4n) is 2.63. The Labute approximate surface area is 127 Å². The molecule has 0 bridgehead atoms. The van der Waals surface area contributed by atoms with Crippen LogP contribution in [0.2, 0.25) is 0 Å². The van der Waals surface area contributed by atoms with Gasteiger partial charge in [0.25, 0.3) is 0 Å². The number of unbranched alkanes of at least 4 members (excludes halogenated alkanes) is 1. The molecule has 1 heterocycles. The van der Waals surface area contributed by atoms with E-state index in [9.17, 15) is 0 Å². The molecule has 0 fully saturated rings. The average molecular weight is 283 g/mol. The highest BCUT2D eigenvalue weighted by Gasteiger charge is 2.14. The minimum atomic E-state index is 0.377. The fraction of sp³-hybridized carbons (Fsp3) is 0.474. The largest absolute Gasteiger partial charge is 0.461 e. The normalized spacial score (nSPS) is 12.4. The minimum Gasteiger partial charge on any atom is -0.461 e. The molecule has 0 radical (unpaired) electrons. The van der Waals surface area contributed by atoms with Crippen LogP contribution in [0.1, 0.15) is 50.9 Å². The van der Waals surface area contributed by atoms with E-state index >= 15 is 0 Å². The van der Waals surface area contributed by atoms with E-state index in [2.05, 4.69) is 37.2 Å². The predicted molar refractivity (Wildman–Crippen MR) is 89.2 cm³/mol. The summed E-state index contributed by atoms with van der Waals surface area (Å²) < 4.78 is 6.05. The third-order valence-corrected chi connectivity index (χ3v) is 3.96. The topological polar surface area (TPSA) is 25.2 Å². The summed E-state index contributed by atoms with van der Waals surface area (Å²) in [7, 11) is 0. The molecule has 21 heavy (non-hydrogen) atoms. The Morgan fingerprint density at radius 1 is 1.29 bits per heavy atom. The molecule has 0 aliphatic heterocycles. The summed E-state index contributed by atoms with van der Waals surface area (Å²) in [4.78, 5) is 0. The lowest BCUT2D eigenvalue weighted by atomic mass is 10.1. The van der Waals surface area contributed by atoms with Gasteiger partial charge in [-0.3, -0.25) is 0 Å². The maximum absolute atomic E-state index is 6.05. The van der Waals surface area contributed by atoms with Gasteiger partial charge in [-0.2, -0.15) is 0 Å². The molecule has 0 amide bonds. The lowest BCUT2D eigenvalue weighted by Crippen LogP contribution is -2.27. The van der Waals surface area contributed by atoms with Crippen molar-refractivity contribution in [1.29, 1.82) is 0 Å². The Morgan fingerprint density at radius 3 is 2.81 bits per heavy atom. The fourth-order valence-corrected chi connectivity index (χ4v) is 2.63. The van der Waals surface area contributed by atoms with Gasteiger partial charge in [-0.15, -0.1) is 12.3 Å². The van der Waals surface area contributed by atoms with Gasteiger partial charge in [0.2, 0.25) is 0 Å². The van der Waals surface area contributed by atoms with Crippen molar-refractivity contribution < 1.29 is 4.42 Å². The van der Waals surface area contributed by atoms with Gasteiger partial charge in [-0.05, 0) is 18.9 Å². The molecule has 1 atom stereocenters. The number of benzene rings is 1. The lowest BCUT2D eigenvalue weighted by Gasteiger charge is -2.14. The van der Waals surface area contributed by atoms with Crippen LogP contribution in [-0.2, 0) is 13.0 Å². The first-order valence-electron chi connectivity index (χ1n) is 7.96. The number of hydrogen-bond acceptors (Lipinski definition) is 2. The van der Waals surface area contributed by atoms with Crippen molar-refractivity contribution in [2.75, 3.05) is 0 Å². The van der Waals surface area contributed by atoms with Crippen LogP contribution in [0, 0.1) is 12.3 Å². The molecular formula is C19H25NO. The average Bonchev–Trinajstić information content (AvgIpc) is 2.87. The van der Waals surface area contributed by atoms with Gasteiger partial charge in [-0.1, -0.05) is 38.5 Å². The molecule has 112 valence electrons. The van der Waals surface area contributed by atoms with Crippen molar-refractivity contribution in [2.24, 2.45) is 0 Å². The van der Waals surface area contributed by atoms with Crippen LogP contribution in [0.4, 0.5) is 0 Å². The van der Waals surface area contributed by atoms with E-state index in [1.165, 1.54) is 17.4 Å². The summed E-state index contributed by atoms with van der Waals surface area (Å²) in [5.41, 5.74) is 2.29. The second-order valence-electron chi connectivity index (χ2n) is 5.50.